The molecule has 3 amide bonds. The van der Waals surface area contributed by atoms with Gasteiger partial charge in [-0.25, -0.2) is 0 Å². The number of nitrogens with zero attached hydrogens (tertiary/aromatic N) is 6. The van der Waals surface area contributed by atoms with Gasteiger partial charge < -0.3 is 14.2 Å². The van der Waals surface area contributed by atoms with Gasteiger partial charge in [0.1, 0.15) is 27.5 Å². The molecule has 0 saturated carbocycles. The molecule has 3 rings (SSSR count). The molecular formula is C28H27N6O6Si. The van der Waals surface area contributed by atoms with Gasteiger partial charge in [0.25, 0.3) is 23.1 Å². The second-order valence-electron chi connectivity index (χ2n) is 7.94. The number of azo groups is 3. The van der Waals surface area contributed by atoms with Crippen LogP contribution in [0.4, 0.5) is 0 Å². The van der Waals surface area contributed by atoms with E-state index in [0.717, 1.165) is 0 Å². The first-order valence-corrected chi connectivity index (χ1v) is 13.1. The smallest absolute Gasteiger partial charge is 0.298 e. The minimum Gasteiger partial charge on any atom is -0.493 e. The zero-order chi connectivity index (χ0) is 29.7. The minimum absolute atomic E-state index is 0.129. The van der Waals surface area contributed by atoms with Crippen LogP contribution in [0, 0.1) is 0 Å². The topological polar surface area (TPSA) is 153 Å². The van der Waals surface area contributed by atoms with Crippen LogP contribution in [0.15, 0.2) is 103 Å². The van der Waals surface area contributed by atoms with Gasteiger partial charge in [-0.05, 0) is 57.2 Å². The molecule has 0 fully saturated rings. The average Bonchev–Trinajstić information content (AvgIpc) is 2.99. The zero-order valence-corrected chi connectivity index (χ0v) is 23.7. The summed E-state index contributed by atoms with van der Waals surface area (Å²) in [6.45, 7) is 6.28. The van der Waals surface area contributed by atoms with Gasteiger partial charge in [-0.15, -0.1) is 30.7 Å². The summed E-state index contributed by atoms with van der Waals surface area (Å²) in [6, 6.07) is 19.3. The summed E-state index contributed by atoms with van der Waals surface area (Å²) in [5, 5.41) is 22.5. The lowest BCUT2D eigenvalue weighted by Gasteiger charge is -2.12. The minimum atomic E-state index is -2.25. The number of benzene rings is 3. The SMILES string of the molecule is CCOc1ccccc1C(=O)N=NC([Si])(N=NC(=O)c1ccccc1OCC)N=NC(=O)c1ccccc1OCC. The predicted octanol–water partition coefficient (Wildman–Crippen LogP) is 5.84. The zero-order valence-electron chi connectivity index (χ0n) is 22.7. The number of carbonyl (C=O) groups is 3. The van der Waals surface area contributed by atoms with Gasteiger partial charge in [0.05, 0.1) is 36.5 Å². The van der Waals surface area contributed by atoms with E-state index in [-0.39, 0.29) is 16.7 Å². The van der Waals surface area contributed by atoms with Crippen molar-refractivity contribution in [1.29, 1.82) is 0 Å². The number of hydrogen-bond acceptors (Lipinski definition) is 9. The second kappa shape index (κ2) is 15.0. The molecule has 3 aromatic rings. The van der Waals surface area contributed by atoms with Crippen LogP contribution in [0.3, 0.4) is 0 Å². The van der Waals surface area contributed by atoms with Crippen molar-refractivity contribution in [2.75, 3.05) is 19.8 Å². The molecule has 0 aliphatic rings. The van der Waals surface area contributed by atoms with E-state index in [1.807, 2.05) is 0 Å². The molecule has 0 N–H and O–H groups in total. The van der Waals surface area contributed by atoms with E-state index in [2.05, 4.69) is 40.9 Å². The fourth-order valence-corrected chi connectivity index (χ4v) is 3.49. The Morgan fingerprint density at radius 3 is 1.10 bits per heavy atom. The summed E-state index contributed by atoms with van der Waals surface area (Å²) in [4.78, 5) is 38.6. The summed E-state index contributed by atoms with van der Waals surface area (Å²) in [7, 11) is 3.17. The fourth-order valence-electron chi connectivity index (χ4n) is 3.34. The van der Waals surface area contributed by atoms with Gasteiger partial charge in [-0.1, -0.05) is 36.4 Å². The standard InChI is InChI=1S/C28H27N6O6Si/c1-4-38-22-16-10-7-13-19(22)25(35)29-32-28(41,33-30-26(36)20-14-8-11-17-23(20)39-5-2)34-31-27(37)21-15-9-12-18-24(21)40-6-3/h7-18H,4-6H2,1-3H3. The third kappa shape index (κ3) is 8.53. The third-order valence-corrected chi connectivity index (χ3v) is 5.39. The quantitative estimate of drug-likeness (QED) is 0.197. The van der Waals surface area contributed by atoms with Crippen LogP contribution in [-0.2, 0) is 0 Å². The Kier molecular flexibility index (Phi) is 11.2. The number of hydrogen-bond donors (Lipinski definition) is 0. The van der Waals surface area contributed by atoms with Crippen molar-refractivity contribution in [1.82, 2.24) is 0 Å². The van der Waals surface area contributed by atoms with Gasteiger partial charge >= 0.3 is 0 Å². The van der Waals surface area contributed by atoms with Crippen LogP contribution in [0.1, 0.15) is 51.8 Å². The highest BCUT2D eigenvalue weighted by Crippen LogP contribution is 2.24. The molecule has 0 bridgehead atoms. The Labute approximate surface area is 240 Å². The first-order valence-electron chi connectivity index (χ1n) is 12.6. The van der Waals surface area contributed by atoms with Crippen LogP contribution >= 0.6 is 0 Å². The van der Waals surface area contributed by atoms with Crippen molar-refractivity contribution in [3.63, 3.8) is 0 Å². The molecule has 0 heterocycles. The molecule has 0 saturated heterocycles. The van der Waals surface area contributed by atoms with Gasteiger partial charge in [0.2, 0.25) is 0 Å². The molecule has 13 heteroatoms. The van der Waals surface area contributed by atoms with E-state index in [1.165, 1.54) is 18.2 Å². The maximum atomic E-state index is 12.9. The second-order valence-corrected chi connectivity index (χ2v) is 8.61. The highest BCUT2D eigenvalue weighted by atomic mass is 28.1. The van der Waals surface area contributed by atoms with Gasteiger partial charge in [-0.3, -0.25) is 14.4 Å². The van der Waals surface area contributed by atoms with Gasteiger partial charge in [-0.2, -0.15) is 0 Å². The molecular weight excluding hydrogens is 544 g/mol. The lowest BCUT2D eigenvalue weighted by molar-refractivity contribution is 0.0985. The highest BCUT2D eigenvalue weighted by Gasteiger charge is 2.26. The van der Waals surface area contributed by atoms with Crippen molar-refractivity contribution in [2.45, 2.75) is 26.2 Å². The first-order chi connectivity index (χ1) is 19.8. The Balaban J connectivity index is 1.97. The van der Waals surface area contributed by atoms with Crippen LogP contribution in [0.5, 0.6) is 17.2 Å². The molecule has 0 unspecified atom stereocenters. The summed E-state index contributed by atoms with van der Waals surface area (Å²) in [6.07, 6.45) is 0. The van der Waals surface area contributed by atoms with E-state index in [4.69, 9.17) is 14.2 Å². The van der Waals surface area contributed by atoms with Crippen LogP contribution in [-0.4, -0.2) is 53.2 Å². The third-order valence-electron chi connectivity index (χ3n) is 5.09. The molecule has 0 aromatic heterocycles. The number of amides is 3. The van der Waals surface area contributed by atoms with E-state index >= 15 is 0 Å². The molecule has 12 nitrogen and oxygen atoms in total. The van der Waals surface area contributed by atoms with E-state index < -0.39 is 23.1 Å². The van der Waals surface area contributed by atoms with Crippen LogP contribution in [0.25, 0.3) is 0 Å². The van der Waals surface area contributed by atoms with Crippen molar-refractivity contribution >= 4 is 28.0 Å². The molecule has 41 heavy (non-hydrogen) atoms. The first kappa shape index (κ1) is 30.6. The molecule has 0 spiro atoms. The summed E-state index contributed by atoms with van der Waals surface area (Å²) in [5.74, 6) is -1.47. The van der Waals surface area contributed by atoms with Crippen LogP contribution < -0.4 is 14.2 Å². The van der Waals surface area contributed by atoms with E-state index in [9.17, 15) is 14.4 Å². The molecule has 3 radical (unpaired) electrons. The van der Waals surface area contributed by atoms with Crippen molar-refractivity contribution in [3.8, 4) is 17.2 Å². The van der Waals surface area contributed by atoms with Crippen molar-refractivity contribution in [2.24, 2.45) is 30.7 Å². The molecule has 209 valence electrons. The average molecular weight is 572 g/mol. The molecule has 0 atom stereocenters. The monoisotopic (exact) mass is 571 g/mol. The Morgan fingerprint density at radius 1 is 0.561 bits per heavy atom. The Morgan fingerprint density at radius 2 is 0.829 bits per heavy atom. The van der Waals surface area contributed by atoms with E-state index in [0.29, 0.717) is 37.1 Å². The normalized spacial score (nSPS) is 12.9. The number of carbonyl (C=O) groups excluding carboxylic acids is 3. The number of ether oxygens (including phenoxy) is 3. The summed E-state index contributed by atoms with van der Waals surface area (Å²) < 4.78 is 16.4. The lowest BCUT2D eigenvalue weighted by Crippen LogP contribution is -2.21. The number of para-hydroxylation sites is 3. The maximum absolute atomic E-state index is 12.9. The lowest BCUT2D eigenvalue weighted by atomic mass is 10.2. The Bertz CT molecular complexity index is 1300. The van der Waals surface area contributed by atoms with Crippen LogP contribution in [0.2, 0.25) is 0 Å². The van der Waals surface area contributed by atoms with E-state index in [1.54, 1.807) is 75.4 Å². The molecule has 3 aromatic carbocycles. The summed E-state index contributed by atoms with van der Waals surface area (Å²) in [5.41, 5.74) is -1.86. The highest BCUT2D eigenvalue weighted by molar-refractivity contribution is 6.15. The largest absolute Gasteiger partial charge is 0.493 e. The summed E-state index contributed by atoms with van der Waals surface area (Å²) >= 11 is 0. The predicted molar refractivity (Wildman–Crippen MR) is 149 cm³/mol. The Hall–Kier alpha value is -4.91. The maximum Gasteiger partial charge on any atom is 0.298 e. The van der Waals surface area contributed by atoms with Gasteiger partial charge in [0, 0.05) is 0 Å². The molecule has 0 aliphatic carbocycles. The van der Waals surface area contributed by atoms with Crippen molar-refractivity contribution < 1.29 is 28.6 Å². The molecule has 0 aliphatic heterocycles. The van der Waals surface area contributed by atoms with Gasteiger partial charge in [0.15, 0.2) is 0 Å². The number of rotatable bonds is 12. The van der Waals surface area contributed by atoms with Crippen molar-refractivity contribution in [3.05, 3.63) is 89.5 Å². The fraction of sp³-hybridized carbons (Fsp3) is 0.250.